The zero-order valence-corrected chi connectivity index (χ0v) is 16.8. The first-order chi connectivity index (χ1) is 14.3. The molecule has 0 radical (unpaired) electrons. The molecule has 0 aliphatic carbocycles. The number of piperazine rings is 1. The van der Waals surface area contributed by atoms with Crippen LogP contribution in [0.3, 0.4) is 0 Å². The summed E-state index contributed by atoms with van der Waals surface area (Å²) >= 11 is 0. The summed E-state index contributed by atoms with van der Waals surface area (Å²) in [6.45, 7) is 5.46. The molecule has 29 heavy (non-hydrogen) atoms. The Bertz CT molecular complexity index is 838. The van der Waals surface area contributed by atoms with Crippen LogP contribution in [0.2, 0.25) is 0 Å². The molecule has 5 heteroatoms. The molecule has 0 bridgehead atoms. The van der Waals surface area contributed by atoms with Crippen molar-refractivity contribution in [1.82, 2.24) is 15.1 Å². The highest BCUT2D eigenvalue weighted by atomic mass is 16.5. The molecule has 0 unspecified atom stereocenters. The normalized spacial score (nSPS) is 26.4. The van der Waals surface area contributed by atoms with Gasteiger partial charge in [0.05, 0.1) is 30.7 Å². The van der Waals surface area contributed by atoms with E-state index in [9.17, 15) is 4.79 Å². The van der Waals surface area contributed by atoms with Crippen LogP contribution in [-0.2, 0) is 16.0 Å². The SMILES string of the molecule is O=C(N1CCN2[C@@H](COC[C@@H]2c2ccccc2)C1)C1(Cc2ccccc2)CNC1. The minimum Gasteiger partial charge on any atom is -0.378 e. The minimum absolute atomic E-state index is 0.272. The first kappa shape index (κ1) is 18.8. The molecule has 5 rings (SSSR count). The van der Waals surface area contributed by atoms with Gasteiger partial charge in [0.1, 0.15) is 0 Å². The van der Waals surface area contributed by atoms with Crippen LogP contribution in [0.25, 0.3) is 0 Å². The van der Waals surface area contributed by atoms with E-state index in [1.807, 2.05) is 6.07 Å². The molecule has 3 fully saturated rings. The third-order valence-electron chi connectivity index (χ3n) is 6.75. The smallest absolute Gasteiger partial charge is 0.231 e. The van der Waals surface area contributed by atoms with Gasteiger partial charge in [0, 0.05) is 32.7 Å². The van der Waals surface area contributed by atoms with Crippen LogP contribution in [0, 0.1) is 5.41 Å². The van der Waals surface area contributed by atoms with Gasteiger partial charge < -0.3 is 15.0 Å². The predicted octanol–water partition coefficient (Wildman–Crippen LogP) is 2.10. The van der Waals surface area contributed by atoms with Gasteiger partial charge in [-0.25, -0.2) is 0 Å². The summed E-state index contributed by atoms with van der Waals surface area (Å²) in [4.78, 5) is 18.2. The van der Waals surface area contributed by atoms with Crippen LogP contribution >= 0.6 is 0 Å². The fraction of sp³-hybridized carbons (Fsp3) is 0.458. The fourth-order valence-corrected chi connectivity index (χ4v) is 5.09. The number of morpholine rings is 1. The number of fused-ring (bicyclic) bond motifs is 1. The van der Waals surface area contributed by atoms with Gasteiger partial charge in [0.25, 0.3) is 0 Å². The van der Waals surface area contributed by atoms with Gasteiger partial charge in [-0.1, -0.05) is 60.7 Å². The Morgan fingerprint density at radius 2 is 1.72 bits per heavy atom. The molecule has 1 amide bonds. The lowest BCUT2D eigenvalue weighted by Gasteiger charge is -2.51. The quantitative estimate of drug-likeness (QED) is 0.867. The van der Waals surface area contributed by atoms with Crippen molar-refractivity contribution < 1.29 is 9.53 Å². The van der Waals surface area contributed by atoms with Gasteiger partial charge in [-0.05, 0) is 17.5 Å². The summed E-state index contributed by atoms with van der Waals surface area (Å²) in [5, 5.41) is 3.34. The number of benzene rings is 2. The van der Waals surface area contributed by atoms with Crippen LogP contribution in [0.4, 0.5) is 0 Å². The van der Waals surface area contributed by atoms with Crippen molar-refractivity contribution >= 4 is 5.91 Å². The van der Waals surface area contributed by atoms with E-state index >= 15 is 0 Å². The number of rotatable bonds is 4. The summed E-state index contributed by atoms with van der Waals surface area (Å²) in [5.74, 6) is 0.307. The number of hydrogen-bond acceptors (Lipinski definition) is 4. The first-order valence-corrected chi connectivity index (χ1v) is 10.7. The number of ether oxygens (including phenoxy) is 1. The summed E-state index contributed by atoms with van der Waals surface area (Å²) in [7, 11) is 0. The van der Waals surface area contributed by atoms with E-state index in [4.69, 9.17) is 4.74 Å². The second kappa shape index (κ2) is 7.90. The number of amides is 1. The van der Waals surface area contributed by atoms with Crippen molar-refractivity contribution in [3.8, 4) is 0 Å². The molecule has 0 saturated carbocycles. The number of carbonyl (C=O) groups is 1. The van der Waals surface area contributed by atoms with Crippen LogP contribution in [0.15, 0.2) is 60.7 Å². The number of nitrogens with one attached hydrogen (secondary N) is 1. The summed E-state index contributed by atoms with van der Waals surface area (Å²) in [6, 6.07) is 21.6. The lowest BCUT2D eigenvalue weighted by molar-refractivity contribution is -0.153. The summed E-state index contributed by atoms with van der Waals surface area (Å²) < 4.78 is 5.96. The second-order valence-corrected chi connectivity index (χ2v) is 8.65. The fourth-order valence-electron chi connectivity index (χ4n) is 5.09. The van der Waals surface area contributed by atoms with Crippen molar-refractivity contribution in [2.75, 3.05) is 45.9 Å². The maximum absolute atomic E-state index is 13.6. The molecular formula is C24H29N3O2. The van der Waals surface area contributed by atoms with E-state index in [0.29, 0.717) is 12.5 Å². The Morgan fingerprint density at radius 1 is 1.00 bits per heavy atom. The molecule has 3 heterocycles. The molecule has 5 nitrogen and oxygen atoms in total. The van der Waals surface area contributed by atoms with Crippen LogP contribution in [0.5, 0.6) is 0 Å². The molecule has 3 aliphatic heterocycles. The zero-order chi connectivity index (χ0) is 19.7. The molecule has 1 N–H and O–H groups in total. The van der Waals surface area contributed by atoms with Crippen molar-refractivity contribution in [3.05, 3.63) is 71.8 Å². The molecule has 152 valence electrons. The molecule has 0 aromatic heterocycles. The average molecular weight is 392 g/mol. The van der Waals surface area contributed by atoms with Gasteiger partial charge >= 0.3 is 0 Å². The Labute approximate surface area is 172 Å². The number of carbonyl (C=O) groups excluding carboxylic acids is 1. The van der Waals surface area contributed by atoms with E-state index in [2.05, 4.69) is 69.7 Å². The summed E-state index contributed by atoms with van der Waals surface area (Å²) in [5.41, 5.74) is 2.25. The molecule has 2 aromatic carbocycles. The number of nitrogens with zero attached hydrogens (tertiary/aromatic N) is 2. The molecule has 3 saturated heterocycles. The highest BCUT2D eigenvalue weighted by Crippen LogP contribution is 2.34. The third kappa shape index (κ3) is 3.59. The Morgan fingerprint density at radius 3 is 2.41 bits per heavy atom. The van der Waals surface area contributed by atoms with E-state index < -0.39 is 0 Å². The standard InChI is InChI=1S/C24H29N3O2/c28-23(24(17-25-18-24)13-19-7-3-1-4-8-19)26-11-12-27-21(14-26)15-29-16-22(27)20-9-5-2-6-10-20/h1-10,21-22,25H,11-18H2/t21-,22-/m1/s1. The molecule has 3 aliphatic rings. The molecule has 2 aromatic rings. The Hall–Kier alpha value is -2.21. The number of hydrogen-bond donors (Lipinski definition) is 1. The largest absolute Gasteiger partial charge is 0.378 e. The first-order valence-electron chi connectivity index (χ1n) is 10.7. The third-order valence-corrected chi connectivity index (χ3v) is 6.75. The lowest BCUT2D eigenvalue weighted by Crippen LogP contribution is -2.67. The topological polar surface area (TPSA) is 44.8 Å². The van der Waals surface area contributed by atoms with Gasteiger partial charge in [0.2, 0.25) is 5.91 Å². The van der Waals surface area contributed by atoms with Crippen LogP contribution in [-0.4, -0.2) is 67.7 Å². The molecule has 2 atom stereocenters. The van der Waals surface area contributed by atoms with E-state index in [1.165, 1.54) is 11.1 Å². The monoisotopic (exact) mass is 391 g/mol. The summed E-state index contributed by atoms with van der Waals surface area (Å²) in [6.07, 6.45) is 0.813. The van der Waals surface area contributed by atoms with E-state index in [1.54, 1.807) is 0 Å². The minimum atomic E-state index is -0.294. The Kier molecular flexibility index (Phi) is 5.12. The average Bonchev–Trinajstić information content (AvgIpc) is 2.76. The van der Waals surface area contributed by atoms with Crippen molar-refractivity contribution in [2.24, 2.45) is 5.41 Å². The lowest BCUT2D eigenvalue weighted by atomic mass is 9.74. The van der Waals surface area contributed by atoms with Gasteiger partial charge in [-0.2, -0.15) is 0 Å². The molecule has 0 spiro atoms. The maximum atomic E-state index is 13.6. The van der Waals surface area contributed by atoms with Crippen molar-refractivity contribution in [3.63, 3.8) is 0 Å². The van der Waals surface area contributed by atoms with Crippen molar-refractivity contribution in [1.29, 1.82) is 0 Å². The van der Waals surface area contributed by atoms with Gasteiger partial charge in [0.15, 0.2) is 0 Å². The van der Waals surface area contributed by atoms with Crippen LogP contribution in [0.1, 0.15) is 17.2 Å². The van der Waals surface area contributed by atoms with Gasteiger partial charge in [-0.15, -0.1) is 0 Å². The predicted molar refractivity (Wildman–Crippen MR) is 113 cm³/mol. The van der Waals surface area contributed by atoms with Crippen LogP contribution < -0.4 is 5.32 Å². The highest BCUT2D eigenvalue weighted by Gasteiger charge is 2.48. The highest BCUT2D eigenvalue weighted by molar-refractivity contribution is 5.85. The van der Waals surface area contributed by atoms with E-state index in [-0.39, 0.29) is 17.5 Å². The zero-order valence-electron chi connectivity index (χ0n) is 16.8. The van der Waals surface area contributed by atoms with Gasteiger partial charge in [-0.3, -0.25) is 9.69 Å². The van der Waals surface area contributed by atoms with Crippen molar-refractivity contribution in [2.45, 2.75) is 18.5 Å². The Balaban J connectivity index is 1.29. The molecular weight excluding hydrogens is 362 g/mol. The maximum Gasteiger partial charge on any atom is 0.231 e. The van der Waals surface area contributed by atoms with E-state index in [0.717, 1.165) is 45.8 Å². The second-order valence-electron chi connectivity index (χ2n) is 8.65.